The minimum Gasteiger partial charge on any atom is -0.326 e. The molecule has 118 valence electrons. The monoisotopic (exact) mass is 305 g/mol. The number of carbonyl (C=O) groups is 2. The fourth-order valence-electron chi connectivity index (χ4n) is 1.88. The highest BCUT2D eigenvalue weighted by molar-refractivity contribution is 6.04. The molecule has 2 N–H and O–H groups in total. The normalized spacial score (nSPS) is 9.82. The smallest absolute Gasteiger partial charge is 0.316 e. The fraction of sp³-hybridized carbons (Fsp3) is 0.333. The molecule has 0 atom stereocenters. The first-order chi connectivity index (χ1) is 10.4. The Bertz CT molecular complexity index is 818. The van der Waals surface area contributed by atoms with Gasteiger partial charge in [-0.15, -0.1) is 0 Å². The van der Waals surface area contributed by atoms with E-state index >= 15 is 0 Å². The van der Waals surface area contributed by atoms with Gasteiger partial charge in [-0.1, -0.05) is 13.8 Å². The van der Waals surface area contributed by atoms with E-state index in [0.717, 1.165) is 0 Å². The van der Waals surface area contributed by atoms with Crippen molar-refractivity contribution in [3.8, 4) is 0 Å². The predicted molar refractivity (Wildman–Crippen MR) is 85.1 cm³/mol. The Balaban J connectivity index is 0.00000116. The highest BCUT2D eigenvalue weighted by atomic mass is 16.2. The Hall–Kier alpha value is -2.70. The average Bonchev–Trinajstić information content (AvgIpc) is 2.46. The van der Waals surface area contributed by atoms with Crippen LogP contribution in [0, 0.1) is 0 Å². The van der Waals surface area contributed by atoms with Crippen LogP contribution in [0.2, 0.25) is 0 Å². The molecule has 1 aromatic carbocycles. The first-order valence-electron chi connectivity index (χ1n) is 6.91. The van der Waals surface area contributed by atoms with Crippen molar-refractivity contribution in [2.75, 3.05) is 5.32 Å². The number of rotatable bonds is 3. The van der Waals surface area contributed by atoms with Crippen LogP contribution in [0.25, 0.3) is 11.0 Å². The number of aromatic nitrogens is 2. The molecule has 0 unspecified atom stereocenters. The number of fused-ring (bicyclic) bond motifs is 1. The van der Waals surface area contributed by atoms with E-state index in [1.165, 1.54) is 24.6 Å². The van der Waals surface area contributed by atoms with Gasteiger partial charge in [0.05, 0.1) is 17.5 Å². The van der Waals surface area contributed by atoms with E-state index in [-0.39, 0.29) is 12.2 Å². The maximum Gasteiger partial charge on any atom is 0.316 e. The molecule has 0 spiro atoms. The Morgan fingerprint density at radius 2 is 1.86 bits per heavy atom. The van der Waals surface area contributed by atoms with Gasteiger partial charge in [-0.3, -0.25) is 19.2 Å². The van der Waals surface area contributed by atoms with Crippen molar-refractivity contribution in [1.82, 2.24) is 9.55 Å². The largest absolute Gasteiger partial charge is 0.326 e. The van der Waals surface area contributed by atoms with E-state index in [9.17, 15) is 19.2 Å². The summed E-state index contributed by atoms with van der Waals surface area (Å²) in [7, 11) is 1.49. The summed E-state index contributed by atoms with van der Waals surface area (Å²) in [6, 6.07) is 4.74. The SMILES string of the molecule is CC.CC(=O)CC(=O)Nc1ccc2c(c1)[nH]c(=O)c(=O)n2C. The summed E-state index contributed by atoms with van der Waals surface area (Å²) < 4.78 is 1.23. The van der Waals surface area contributed by atoms with Gasteiger partial charge in [-0.25, -0.2) is 0 Å². The third-order valence-corrected chi connectivity index (χ3v) is 2.80. The Kier molecular flexibility index (Phi) is 5.80. The van der Waals surface area contributed by atoms with Crippen molar-refractivity contribution in [2.45, 2.75) is 27.2 Å². The molecule has 2 rings (SSSR count). The Morgan fingerprint density at radius 1 is 1.23 bits per heavy atom. The first-order valence-corrected chi connectivity index (χ1v) is 6.91. The lowest BCUT2D eigenvalue weighted by atomic mass is 10.2. The lowest BCUT2D eigenvalue weighted by molar-refractivity contribution is -0.124. The molecule has 2 aromatic rings. The van der Waals surface area contributed by atoms with Gasteiger partial charge >= 0.3 is 11.1 Å². The number of hydrogen-bond acceptors (Lipinski definition) is 4. The van der Waals surface area contributed by atoms with Crippen LogP contribution in [0.15, 0.2) is 27.8 Å². The van der Waals surface area contributed by atoms with Crippen LogP contribution < -0.4 is 16.4 Å². The molecule has 7 nitrogen and oxygen atoms in total. The van der Waals surface area contributed by atoms with Crippen molar-refractivity contribution in [3.05, 3.63) is 38.9 Å². The predicted octanol–water partition coefficient (Wildman–Crippen LogP) is 1.17. The quantitative estimate of drug-likeness (QED) is 0.656. The molecule has 0 saturated heterocycles. The third kappa shape index (κ3) is 3.91. The lowest BCUT2D eigenvalue weighted by Crippen LogP contribution is -2.34. The number of hydrogen-bond donors (Lipinski definition) is 2. The molecular weight excluding hydrogens is 286 g/mol. The summed E-state index contributed by atoms with van der Waals surface area (Å²) in [6.45, 7) is 5.33. The summed E-state index contributed by atoms with van der Waals surface area (Å²) in [6.07, 6.45) is -0.207. The van der Waals surface area contributed by atoms with E-state index in [4.69, 9.17) is 0 Å². The van der Waals surface area contributed by atoms with E-state index < -0.39 is 17.0 Å². The van der Waals surface area contributed by atoms with Gasteiger partial charge in [-0.05, 0) is 25.1 Å². The zero-order valence-corrected chi connectivity index (χ0v) is 13.0. The highest BCUT2D eigenvalue weighted by Crippen LogP contribution is 2.15. The van der Waals surface area contributed by atoms with Crippen molar-refractivity contribution in [2.24, 2.45) is 7.05 Å². The molecule has 0 aliphatic heterocycles. The van der Waals surface area contributed by atoms with Gasteiger partial charge in [0.2, 0.25) is 5.91 Å². The van der Waals surface area contributed by atoms with Crippen molar-refractivity contribution in [1.29, 1.82) is 0 Å². The van der Waals surface area contributed by atoms with Gasteiger partial charge in [0.15, 0.2) is 0 Å². The molecule has 1 amide bonds. The van der Waals surface area contributed by atoms with Crippen LogP contribution >= 0.6 is 0 Å². The van der Waals surface area contributed by atoms with Crippen molar-refractivity contribution in [3.63, 3.8) is 0 Å². The van der Waals surface area contributed by atoms with Crippen LogP contribution in [0.5, 0.6) is 0 Å². The number of benzene rings is 1. The molecule has 0 saturated carbocycles. The van der Waals surface area contributed by atoms with Gasteiger partial charge < -0.3 is 14.9 Å². The summed E-state index contributed by atoms with van der Waals surface area (Å²) in [4.78, 5) is 47.7. The standard InChI is InChI=1S/C13H13N3O4.C2H6/c1-7(17)5-11(18)14-8-3-4-10-9(6-8)15-12(19)13(20)16(10)2;1-2/h3-4,6H,5H2,1-2H3,(H,14,18)(H,15,19);1-2H3. The molecule has 0 aliphatic rings. The second-order valence-corrected chi connectivity index (χ2v) is 4.48. The zero-order chi connectivity index (χ0) is 16.9. The molecule has 0 fully saturated rings. The molecule has 7 heteroatoms. The molecule has 1 aromatic heterocycles. The number of ketones is 1. The number of nitrogens with one attached hydrogen (secondary N) is 2. The minimum absolute atomic E-state index is 0.207. The van der Waals surface area contributed by atoms with Crippen molar-refractivity contribution >= 4 is 28.4 Å². The molecule has 0 bridgehead atoms. The molecule has 0 aliphatic carbocycles. The summed E-state index contributed by atoms with van der Waals surface area (Å²) in [5.41, 5.74) is 0.0352. The molecule has 22 heavy (non-hydrogen) atoms. The maximum absolute atomic E-state index is 11.5. The fourth-order valence-corrected chi connectivity index (χ4v) is 1.88. The number of amides is 1. The Morgan fingerprint density at radius 3 is 2.45 bits per heavy atom. The zero-order valence-electron chi connectivity index (χ0n) is 13.0. The van der Waals surface area contributed by atoms with Gasteiger partial charge in [-0.2, -0.15) is 0 Å². The summed E-state index contributed by atoms with van der Waals surface area (Å²) >= 11 is 0. The number of anilines is 1. The maximum atomic E-state index is 11.5. The second-order valence-electron chi connectivity index (χ2n) is 4.48. The number of carbonyl (C=O) groups excluding carboxylic acids is 2. The minimum atomic E-state index is -0.729. The van der Waals surface area contributed by atoms with Gasteiger partial charge in [0.1, 0.15) is 5.78 Å². The topological polar surface area (TPSA) is 101 Å². The molecule has 0 radical (unpaired) electrons. The number of nitrogens with zero attached hydrogens (tertiary/aromatic N) is 1. The second kappa shape index (κ2) is 7.35. The lowest BCUT2D eigenvalue weighted by Gasteiger charge is -2.07. The number of Topliss-reactive ketones (excluding diaryl/α,β-unsaturated/α-hetero) is 1. The van der Waals surface area contributed by atoms with Crippen LogP contribution in [0.4, 0.5) is 5.69 Å². The van der Waals surface area contributed by atoms with Crippen LogP contribution in [0.3, 0.4) is 0 Å². The third-order valence-electron chi connectivity index (χ3n) is 2.80. The number of H-pyrrole nitrogens is 1. The summed E-state index contributed by atoms with van der Waals surface area (Å²) in [5.74, 6) is -0.664. The number of aryl methyl sites for hydroxylation is 1. The van der Waals surface area contributed by atoms with Crippen LogP contribution in [0.1, 0.15) is 27.2 Å². The van der Waals surface area contributed by atoms with E-state index in [2.05, 4.69) is 10.3 Å². The van der Waals surface area contributed by atoms with Crippen molar-refractivity contribution < 1.29 is 9.59 Å². The highest BCUT2D eigenvalue weighted by Gasteiger charge is 2.08. The van der Waals surface area contributed by atoms with E-state index in [1.54, 1.807) is 12.1 Å². The summed E-state index contributed by atoms with van der Waals surface area (Å²) in [5, 5.41) is 2.55. The average molecular weight is 305 g/mol. The molecular formula is C15H19N3O4. The molecule has 1 heterocycles. The van der Waals surface area contributed by atoms with E-state index in [1.807, 2.05) is 13.8 Å². The van der Waals surface area contributed by atoms with Crippen LogP contribution in [-0.2, 0) is 16.6 Å². The van der Waals surface area contributed by atoms with Gasteiger partial charge in [0.25, 0.3) is 0 Å². The van der Waals surface area contributed by atoms with Gasteiger partial charge in [0, 0.05) is 12.7 Å². The van der Waals surface area contributed by atoms with Crippen LogP contribution in [-0.4, -0.2) is 21.2 Å². The Labute approximate surface area is 127 Å². The number of aromatic amines is 1. The van der Waals surface area contributed by atoms with E-state index in [0.29, 0.717) is 16.7 Å². The first kappa shape index (κ1) is 17.4.